The lowest BCUT2D eigenvalue weighted by atomic mass is 9.58. The van der Waals surface area contributed by atoms with Gasteiger partial charge in [-0.1, -0.05) is 13.0 Å². The third kappa shape index (κ3) is 4.55. The number of phenols is 1. The van der Waals surface area contributed by atoms with Gasteiger partial charge in [0.1, 0.15) is 22.8 Å². The highest BCUT2D eigenvalue weighted by molar-refractivity contribution is 6.24. The zero-order valence-electron chi connectivity index (χ0n) is 22.2. The van der Waals surface area contributed by atoms with Crippen molar-refractivity contribution < 1.29 is 48.0 Å². The number of aliphatic hydroxyl groups excluding tert-OH is 2. The van der Waals surface area contributed by atoms with E-state index >= 15 is 0 Å². The molecule has 1 aromatic carbocycles. The molecule has 0 heterocycles. The van der Waals surface area contributed by atoms with Crippen molar-refractivity contribution in [3.63, 3.8) is 0 Å². The van der Waals surface area contributed by atoms with Crippen molar-refractivity contribution in [2.24, 2.45) is 17.6 Å². The summed E-state index contributed by atoms with van der Waals surface area (Å²) in [5.74, 6) is -7.40. The summed E-state index contributed by atoms with van der Waals surface area (Å²) in [6.45, 7) is 1.25. The van der Waals surface area contributed by atoms with Gasteiger partial charge in [-0.05, 0) is 50.4 Å². The number of benzene rings is 1. The molecule has 1 amide bonds. The molecule has 4 rings (SSSR count). The summed E-state index contributed by atoms with van der Waals surface area (Å²) in [6.07, 6.45) is -4.90. The molecular weight excluding hydrogens is 535 g/mol. The van der Waals surface area contributed by atoms with Crippen molar-refractivity contribution in [2.75, 3.05) is 20.6 Å². The first-order valence-electron chi connectivity index (χ1n) is 12.8. The number of nitrogens with one attached hydrogen (secondary N) is 1. The Bertz CT molecular complexity index is 1350. The molecule has 40 heavy (non-hydrogen) atoms. The van der Waals surface area contributed by atoms with Gasteiger partial charge in [-0.3, -0.25) is 19.3 Å². The van der Waals surface area contributed by atoms with E-state index in [0.29, 0.717) is 17.5 Å². The first-order valence-corrected chi connectivity index (χ1v) is 12.8. The first-order chi connectivity index (χ1) is 18.6. The summed E-state index contributed by atoms with van der Waals surface area (Å²) < 4.78 is 37.6. The van der Waals surface area contributed by atoms with Gasteiger partial charge in [0.2, 0.25) is 5.78 Å². The molecule has 0 fully saturated rings. The Morgan fingerprint density at radius 2 is 1.85 bits per heavy atom. The number of aliphatic hydroxyl groups is 3. The number of allylic oxidation sites excluding steroid dienone is 1. The number of phenolic OH excluding ortho intramolecular Hbond substituents is 1. The van der Waals surface area contributed by atoms with Gasteiger partial charge in [0.25, 0.3) is 5.91 Å². The Kier molecular flexibility index (Phi) is 7.54. The second-order valence-corrected chi connectivity index (χ2v) is 10.8. The van der Waals surface area contributed by atoms with E-state index < -0.39 is 82.9 Å². The van der Waals surface area contributed by atoms with Gasteiger partial charge in [-0.2, -0.15) is 13.2 Å². The van der Waals surface area contributed by atoms with Crippen LogP contribution in [0.15, 0.2) is 28.7 Å². The van der Waals surface area contributed by atoms with E-state index in [9.17, 15) is 48.0 Å². The van der Waals surface area contributed by atoms with Crippen LogP contribution in [0.3, 0.4) is 0 Å². The minimum absolute atomic E-state index is 0.0313. The molecule has 13 heteroatoms. The normalized spacial score (nSPS) is 26.6. The highest BCUT2D eigenvalue weighted by Gasteiger charge is 2.63. The summed E-state index contributed by atoms with van der Waals surface area (Å²) in [7, 11) is 3.09. The number of ketones is 2. The number of primary amides is 1. The van der Waals surface area contributed by atoms with E-state index in [1.54, 1.807) is 20.2 Å². The molecule has 0 saturated carbocycles. The number of amides is 1. The van der Waals surface area contributed by atoms with E-state index in [2.05, 4.69) is 5.32 Å². The molecule has 4 atom stereocenters. The molecule has 3 aliphatic rings. The number of halogens is 3. The van der Waals surface area contributed by atoms with E-state index in [1.807, 2.05) is 6.92 Å². The SMILES string of the molecule is CCc1cc(CNCCC(F)(F)F)c(O)c2c1C[C@H]1C[C@H]3[C@H](N(C)C)C(O)=C(C(N)=O)C(=O)[C@@]3(O)C(O)=C1C2=O. The van der Waals surface area contributed by atoms with Gasteiger partial charge >= 0.3 is 6.18 Å². The van der Waals surface area contributed by atoms with Crippen molar-refractivity contribution in [3.8, 4) is 5.75 Å². The number of hydrogen-bond acceptors (Lipinski definition) is 9. The molecule has 7 N–H and O–H groups in total. The quantitative estimate of drug-likeness (QED) is 0.212. The molecule has 1 aromatic rings. The van der Waals surface area contributed by atoms with Gasteiger partial charge in [0.15, 0.2) is 11.4 Å². The van der Waals surface area contributed by atoms with Crippen molar-refractivity contribution in [2.45, 2.75) is 57.0 Å². The molecule has 0 radical (unpaired) electrons. The fourth-order valence-electron chi connectivity index (χ4n) is 6.36. The minimum atomic E-state index is -4.37. The number of likely N-dealkylation sites (N-methyl/N-ethyl adjacent to an activating group) is 1. The maximum absolute atomic E-state index is 13.8. The van der Waals surface area contributed by atoms with Gasteiger partial charge < -0.3 is 31.5 Å². The lowest BCUT2D eigenvalue weighted by Crippen LogP contribution is -2.63. The van der Waals surface area contributed by atoms with Crippen LogP contribution in [0, 0.1) is 11.8 Å². The number of rotatable bonds is 7. The van der Waals surface area contributed by atoms with E-state index in [1.165, 1.54) is 4.90 Å². The van der Waals surface area contributed by atoms with E-state index in [0.717, 1.165) is 0 Å². The molecule has 10 nitrogen and oxygen atoms in total. The van der Waals surface area contributed by atoms with Crippen LogP contribution in [0.5, 0.6) is 5.75 Å². The second kappa shape index (κ2) is 10.2. The van der Waals surface area contributed by atoms with Crippen LogP contribution in [0.1, 0.15) is 46.8 Å². The Morgan fingerprint density at radius 3 is 2.40 bits per heavy atom. The van der Waals surface area contributed by atoms with Crippen LogP contribution >= 0.6 is 0 Å². The van der Waals surface area contributed by atoms with Crippen LogP contribution in [0.2, 0.25) is 0 Å². The molecule has 0 saturated heterocycles. The molecule has 0 unspecified atom stereocenters. The molecule has 0 aromatic heterocycles. The van der Waals surface area contributed by atoms with Crippen LogP contribution < -0.4 is 11.1 Å². The number of aryl methyl sites for hydroxylation is 1. The maximum atomic E-state index is 13.8. The molecule has 0 aliphatic heterocycles. The monoisotopic (exact) mass is 567 g/mol. The van der Waals surface area contributed by atoms with Crippen molar-refractivity contribution in [1.29, 1.82) is 0 Å². The number of aromatic hydroxyl groups is 1. The van der Waals surface area contributed by atoms with Crippen LogP contribution in [0.4, 0.5) is 13.2 Å². The molecule has 0 bridgehead atoms. The minimum Gasteiger partial charge on any atom is -0.510 e. The lowest BCUT2D eigenvalue weighted by molar-refractivity contribution is -0.148. The van der Waals surface area contributed by atoms with E-state index in [4.69, 9.17) is 5.73 Å². The highest BCUT2D eigenvalue weighted by Crippen LogP contribution is 2.52. The maximum Gasteiger partial charge on any atom is 0.390 e. The summed E-state index contributed by atoms with van der Waals surface area (Å²) >= 11 is 0. The lowest BCUT2D eigenvalue weighted by Gasteiger charge is -2.50. The number of carbonyl (C=O) groups is 3. The average molecular weight is 568 g/mol. The number of hydrogen-bond donors (Lipinski definition) is 6. The number of carbonyl (C=O) groups excluding carboxylic acids is 3. The van der Waals surface area contributed by atoms with Gasteiger partial charge in [0.05, 0.1) is 18.0 Å². The number of nitrogens with zero attached hydrogens (tertiary/aromatic N) is 1. The summed E-state index contributed by atoms with van der Waals surface area (Å²) in [6, 6.07) is 0.533. The van der Waals surface area contributed by atoms with Crippen LogP contribution in [-0.4, -0.2) is 81.3 Å². The standard InChI is InChI=1S/C27H32F3N3O7/c1-4-11-7-13(10-32-6-5-26(28,29)30)20(34)17-14(11)8-12-9-15-19(33(2)3)22(36)18(25(31)39)24(38)27(15,40)23(37)16(12)21(17)35/h7,12,15,19,32,34,36-37,40H,4-6,8-10H2,1-3H3,(H2,31,39)/t12-,15-,19-,27-/m0/s1. The summed E-state index contributed by atoms with van der Waals surface area (Å²) in [4.78, 5) is 40.7. The Morgan fingerprint density at radius 1 is 1.20 bits per heavy atom. The van der Waals surface area contributed by atoms with Crippen molar-refractivity contribution in [1.82, 2.24) is 10.2 Å². The van der Waals surface area contributed by atoms with Crippen molar-refractivity contribution >= 4 is 17.5 Å². The fourth-order valence-corrected chi connectivity index (χ4v) is 6.36. The molecule has 0 spiro atoms. The van der Waals surface area contributed by atoms with Gasteiger partial charge in [-0.15, -0.1) is 0 Å². The van der Waals surface area contributed by atoms with Crippen LogP contribution in [0.25, 0.3) is 0 Å². The Hall–Kier alpha value is -3.42. The molecule has 3 aliphatic carbocycles. The average Bonchev–Trinajstić information content (AvgIpc) is 2.84. The zero-order valence-corrected chi connectivity index (χ0v) is 22.2. The molecule has 218 valence electrons. The third-order valence-electron chi connectivity index (χ3n) is 8.18. The van der Waals surface area contributed by atoms with Gasteiger partial charge in [0, 0.05) is 30.1 Å². The number of fused-ring (bicyclic) bond motifs is 3. The van der Waals surface area contributed by atoms with E-state index in [-0.39, 0.29) is 36.1 Å². The Balaban J connectivity index is 1.82. The molecular formula is C27H32F3N3O7. The predicted octanol–water partition coefficient (Wildman–Crippen LogP) is 1.72. The number of alkyl halides is 3. The fraction of sp³-hybridized carbons (Fsp3) is 0.519. The largest absolute Gasteiger partial charge is 0.510 e. The second-order valence-electron chi connectivity index (χ2n) is 10.8. The number of nitrogens with two attached hydrogens (primary N) is 1. The predicted molar refractivity (Wildman–Crippen MR) is 135 cm³/mol. The third-order valence-corrected chi connectivity index (χ3v) is 8.18. The van der Waals surface area contributed by atoms with Crippen LogP contribution in [-0.2, 0) is 29.0 Å². The zero-order chi connectivity index (χ0) is 29.9. The number of Topliss-reactive ketones (excluding diaryl/α,β-unsaturated/α-hetero) is 2. The first kappa shape index (κ1) is 29.6. The summed E-state index contributed by atoms with van der Waals surface area (Å²) in [5, 5.41) is 47.5. The Labute approximate surface area is 228 Å². The highest BCUT2D eigenvalue weighted by atomic mass is 19.4. The summed E-state index contributed by atoms with van der Waals surface area (Å²) in [5.41, 5.74) is 2.60. The van der Waals surface area contributed by atoms with Crippen molar-refractivity contribution in [3.05, 3.63) is 51.0 Å². The topological polar surface area (TPSA) is 173 Å². The van der Waals surface area contributed by atoms with Gasteiger partial charge in [-0.25, -0.2) is 0 Å². The smallest absolute Gasteiger partial charge is 0.390 e.